The maximum Gasteiger partial charge on any atom is 0.238 e. The second-order valence-electron chi connectivity index (χ2n) is 8.40. The van der Waals surface area contributed by atoms with E-state index in [4.69, 9.17) is 4.99 Å². The minimum atomic E-state index is -0.487. The fourth-order valence-corrected chi connectivity index (χ4v) is 3.91. The van der Waals surface area contributed by atoms with Crippen molar-refractivity contribution in [2.75, 3.05) is 37.9 Å². The molecule has 0 bridgehead atoms. The van der Waals surface area contributed by atoms with Crippen LogP contribution in [0, 0.1) is 0 Å². The van der Waals surface area contributed by atoms with E-state index < -0.39 is 5.92 Å². The van der Waals surface area contributed by atoms with Crippen molar-refractivity contribution in [2.45, 2.75) is 12.3 Å². The van der Waals surface area contributed by atoms with Crippen molar-refractivity contribution >= 4 is 34.6 Å². The average molecular weight is 441 g/mol. The Hall–Kier alpha value is -3.77. The lowest BCUT2D eigenvalue weighted by molar-refractivity contribution is -0.118. The highest BCUT2D eigenvalue weighted by atomic mass is 16.2. The molecular weight excluding hydrogens is 412 g/mol. The topological polar surface area (TPSA) is 65.0 Å². The highest BCUT2D eigenvalue weighted by Gasteiger charge is 2.35. The van der Waals surface area contributed by atoms with E-state index in [1.807, 2.05) is 97.9 Å². The molecule has 2 amide bonds. The summed E-state index contributed by atoms with van der Waals surface area (Å²) in [5.74, 6) is -0.510. The Morgan fingerprint density at radius 2 is 1.58 bits per heavy atom. The molecule has 1 unspecified atom stereocenters. The highest BCUT2D eigenvalue weighted by molar-refractivity contribution is 6.24. The van der Waals surface area contributed by atoms with Gasteiger partial charge in [0.25, 0.3) is 0 Å². The van der Waals surface area contributed by atoms with Crippen LogP contribution >= 0.6 is 0 Å². The van der Waals surface area contributed by atoms with Crippen LogP contribution in [0.2, 0.25) is 0 Å². The molecule has 0 fully saturated rings. The lowest BCUT2D eigenvalue weighted by Crippen LogP contribution is -2.29. The molecule has 1 N–H and O–H groups in total. The van der Waals surface area contributed by atoms with Gasteiger partial charge in [-0.25, -0.2) is 0 Å². The lowest BCUT2D eigenvalue weighted by Gasteiger charge is -2.19. The van der Waals surface area contributed by atoms with E-state index in [1.165, 1.54) is 0 Å². The summed E-state index contributed by atoms with van der Waals surface area (Å²) in [6, 6.07) is 25.0. The Morgan fingerprint density at radius 3 is 2.27 bits per heavy atom. The number of para-hydroxylation sites is 1. The number of hydrogen-bond donors (Lipinski definition) is 1. The van der Waals surface area contributed by atoms with E-state index in [9.17, 15) is 9.59 Å². The quantitative estimate of drug-likeness (QED) is 0.552. The molecule has 0 saturated heterocycles. The molecule has 6 nitrogen and oxygen atoms in total. The van der Waals surface area contributed by atoms with Gasteiger partial charge in [0.1, 0.15) is 5.92 Å². The summed E-state index contributed by atoms with van der Waals surface area (Å²) < 4.78 is 0. The minimum absolute atomic E-state index is 0.0594. The summed E-state index contributed by atoms with van der Waals surface area (Å²) in [6.45, 7) is 0.705. The van der Waals surface area contributed by atoms with Crippen LogP contribution in [0.3, 0.4) is 0 Å². The van der Waals surface area contributed by atoms with Gasteiger partial charge in [0.2, 0.25) is 11.8 Å². The van der Waals surface area contributed by atoms with Crippen molar-refractivity contribution in [3.63, 3.8) is 0 Å². The van der Waals surface area contributed by atoms with Gasteiger partial charge < -0.3 is 15.1 Å². The molecule has 168 valence electrons. The Bertz CT molecular complexity index is 1170. The summed E-state index contributed by atoms with van der Waals surface area (Å²) in [5, 5.41) is 2.97. The number of nitrogens with one attached hydrogen (secondary N) is 1. The van der Waals surface area contributed by atoms with Crippen molar-refractivity contribution in [3.05, 3.63) is 90.0 Å². The molecule has 1 aliphatic heterocycles. The molecule has 6 heteroatoms. The van der Waals surface area contributed by atoms with E-state index in [-0.39, 0.29) is 11.8 Å². The first-order chi connectivity index (χ1) is 15.9. The molecule has 0 aromatic heterocycles. The second-order valence-corrected chi connectivity index (χ2v) is 8.40. The van der Waals surface area contributed by atoms with Crippen molar-refractivity contribution in [1.82, 2.24) is 4.90 Å². The van der Waals surface area contributed by atoms with Gasteiger partial charge in [-0.2, -0.15) is 0 Å². The number of benzene rings is 3. The molecule has 3 aromatic rings. The molecule has 1 heterocycles. The smallest absolute Gasteiger partial charge is 0.238 e. The van der Waals surface area contributed by atoms with Gasteiger partial charge in [0.05, 0.1) is 11.4 Å². The van der Waals surface area contributed by atoms with Crippen LogP contribution in [0.1, 0.15) is 23.5 Å². The summed E-state index contributed by atoms with van der Waals surface area (Å²) in [6.07, 6.45) is 0.456. The fraction of sp³-hybridized carbons (Fsp3) is 0.222. The van der Waals surface area contributed by atoms with E-state index >= 15 is 0 Å². The van der Waals surface area contributed by atoms with Crippen LogP contribution in [0.25, 0.3) is 0 Å². The highest BCUT2D eigenvalue weighted by Crippen LogP contribution is 2.36. The number of aliphatic imine (C=N–C) groups is 1. The zero-order valence-electron chi connectivity index (χ0n) is 19.2. The molecule has 1 aliphatic rings. The maximum atomic E-state index is 12.9. The van der Waals surface area contributed by atoms with Crippen LogP contribution in [0.15, 0.2) is 83.9 Å². The standard InChI is InChI=1S/C27H28N4O2/c1-30(2)18-17-24(32)31(3)21-15-13-20(14-16-21)28-26(19-9-5-4-6-10-19)25-22-11-7-8-12-23(22)29-27(25)33/h4-16,25H,17-18H2,1-3H3,(H,29,33). The van der Waals surface area contributed by atoms with Crippen molar-refractivity contribution < 1.29 is 9.59 Å². The summed E-state index contributed by atoms with van der Waals surface area (Å²) >= 11 is 0. The first kappa shape index (κ1) is 22.4. The summed E-state index contributed by atoms with van der Waals surface area (Å²) in [5.41, 5.74) is 4.87. The zero-order valence-corrected chi connectivity index (χ0v) is 19.2. The van der Waals surface area contributed by atoms with Crippen LogP contribution < -0.4 is 10.2 Å². The normalized spacial score (nSPS) is 15.3. The van der Waals surface area contributed by atoms with Gasteiger partial charge in [-0.3, -0.25) is 14.6 Å². The number of anilines is 2. The SMILES string of the molecule is CN(C)CCC(=O)N(C)c1ccc(N=C(c2ccccc2)C2C(=O)Nc3ccccc32)cc1. The Balaban J connectivity index is 1.65. The first-order valence-corrected chi connectivity index (χ1v) is 11.0. The maximum absolute atomic E-state index is 12.9. The molecule has 4 rings (SSSR count). The third kappa shape index (κ3) is 5.02. The van der Waals surface area contributed by atoms with Crippen molar-refractivity contribution in [3.8, 4) is 0 Å². The number of carbonyl (C=O) groups is 2. The number of rotatable bonds is 7. The van der Waals surface area contributed by atoms with Crippen LogP contribution in [0.4, 0.5) is 17.1 Å². The summed E-state index contributed by atoms with van der Waals surface area (Å²) in [7, 11) is 5.69. The fourth-order valence-electron chi connectivity index (χ4n) is 3.91. The van der Waals surface area contributed by atoms with Gasteiger partial charge >= 0.3 is 0 Å². The van der Waals surface area contributed by atoms with Gasteiger partial charge in [-0.05, 0) is 55.6 Å². The van der Waals surface area contributed by atoms with E-state index in [0.717, 1.165) is 28.2 Å². The number of amides is 2. The third-order valence-corrected chi connectivity index (χ3v) is 5.77. The molecule has 0 saturated carbocycles. The molecule has 0 aliphatic carbocycles. The van der Waals surface area contributed by atoms with E-state index in [1.54, 1.807) is 11.9 Å². The minimum Gasteiger partial charge on any atom is -0.325 e. The zero-order chi connectivity index (χ0) is 23.4. The van der Waals surface area contributed by atoms with Crippen LogP contribution in [-0.2, 0) is 9.59 Å². The van der Waals surface area contributed by atoms with Gasteiger partial charge in [-0.1, -0.05) is 48.5 Å². The Morgan fingerprint density at radius 1 is 0.909 bits per heavy atom. The monoisotopic (exact) mass is 440 g/mol. The largest absolute Gasteiger partial charge is 0.325 e. The van der Waals surface area contributed by atoms with Gasteiger partial charge in [-0.15, -0.1) is 0 Å². The predicted molar refractivity (Wildman–Crippen MR) is 133 cm³/mol. The average Bonchev–Trinajstić information content (AvgIpc) is 3.17. The molecule has 1 atom stereocenters. The Kier molecular flexibility index (Phi) is 6.66. The van der Waals surface area contributed by atoms with E-state index in [2.05, 4.69) is 5.32 Å². The Labute approximate surface area is 194 Å². The van der Waals surface area contributed by atoms with Crippen molar-refractivity contribution in [1.29, 1.82) is 0 Å². The van der Waals surface area contributed by atoms with Crippen LogP contribution in [-0.4, -0.2) is 50.1 Å². The van der Waals surface area contributed by atoms with Gasteiger partial charge in [0.15, 0.2) is 0 Å². The number of carbonyl (C=O) groups excluding carboxylic acids is 2. The first-order valence-electron chi connectivity index (χ1n) is 11.0. The number of fused-ring (bicyclic) bond motifs is 1. The molecule has 0 radical (unpaired) electrons. The molecule has 33 heavy (non-hydrogen) atoms. The molecule has 0 spiro atoms. The second kappa shape index (κ2) is 9.79. The van der Waals surface area contributed by atoms with E-state index in [0.29, 0.717) is 18.7 Å². The third-order valence-electron chi connectivity index (χ3n) is 5.77. The lowest BCUT2D eigenvalue weighted by atomic mass is 9.90. The predicted octanol–water partition coefficient (Wildman–Crippen LogP) is 4.46. The van der Waals surface area contributed by atoms with Crippen molar-refractivity contribution in [2.24, 2.45) is 4.99 Å². The van der Waals surface area contributed by atoms with Gasteiger partial charge in [0, 0.05) is 31.4 Å². The number of nitrogens with zero attached hydrogens (tertiary/aromatic N) is 3. The molecule has 3 aromatic carbocycles. The van der Waals surface area contributed by atoms with Crippen LogP contribution in [0.5, 0.6) is 0 Å². The summed E-state index contributed by atoms with van der Waals surface area (Å²) in [4.78, 5) is 33.9. The molecular formula is C27H28N4O2. The number of hydrogen-bond acceptors (Lipinski definition) is 4.